The van der Waals surface area contributed by atoms with Crippen molar-refractivity contribution < 1.29 is 9.53 Å². The van der Waals surface area contributed by atoms with Gasteiger partial charge in [0, 0.05) is 11.6 Å². The molecule has 3 rings (SSSR count). The number of hydrogen-bond acceptors (Lipinski definition) is 2. The quantitative estimate of drug-likeness (QED) is 0.811. The molecule has 0 bridgehead atoms. The van der Waals surface area contributed by atoms with Crippen LogP contribution in [0.3, 0.4) is 0 Å². The molecule has 0 N–H and O–H groups in total. The minimum absolute atomic E-state index is 0.110. The first-order chi connectivity index (χ1) is 9.33. The molecule has 2 heteroatoms. The van der Waals surface area contributed by atoms with Crippen LogP contribution < -0.4 is 0 Å². The minimum atomic E-state index is -0.186. The highest BCUT2D eigenvalue weighted by molar-refractivity contribution is 5.97. The average molecular weight is 250 g/mol. The van der Waals surface area contributed by atoms with Crippen molar-refractivity contribution in [3.05, 3.63) is 77.9 Å². The lowest BCUT2D eigenvalue weighted by atomic mass is 10.00. The van der Waals surface area contributed by atoms with E-state index in [4.69, 9.17) is 4.74 Å². The predicted octanol–water partition coefficient (Wildman–Crippen LogP) is 3.76. The van der Waals surface area contributed by atoms with Gasteiger partial charge in [-0.15, -0.1) is 0 Å². The van der Waals surface area contributed by atoms with E-state index in [1.165, 1.54) is 0 Å². The Kier molecular flexibility index (Phi) is 3.15. The normalized spacial score (nSPS) is 18.6. The van der Waals surface area contributed by atoms with E-state index in [1.807, 2.05) is 60.7 Å². The third-order valence-electron chi connectivity index (χ3n) is 3.18. The molecule has 1 atom stereocenters. The molecular weight excluding hydrogens is 236 g/mol. The van der Waals surface area contributed by atoms with Crippen LogP contribution >= 0.6 is 0 Å². The summed E-state index contributed by atoms with van der Waals surface area (Å²) in [4.78, 5) is 11.9. The van der Waals surface area contributed by atoms with E-state index in [9.17, 15) is 4.79 Å². The van der Waals surface area contributed by atoms with E-state index in [2.05, 4.69) is 0 Å². The Balaban J connectivity index is 1.90. The maximum atomic E-state index is 11.9. The zero-order valence-electron chi connectivity index (χ0n) is 10.5. The lowest BCUT2D eigenvalue weighted by Gasteiger charge is -2.24. The van der Waals surface area contributed by atoms with Crippen LogP contribution in [0.25, 0.3) is 5.76 Å². The molecule has 19 heavy (non-hydrogen) atoms. The van der Waals surface area contributed by atoms with Gasteiger partial charge in [-0.2, -0.15) is 0 Å². The van der Waals surface area contributed by atoms with Crippen LogP contribution in [0.1, 0.15) is 23.7 Å². The van der Waals surface area contributed by atoms with E-state index >= 15 is 0 Å². The molecule has 2 aromatic carbocycles. The van der Waals surface area contributed by atoms with Crippen molar-refractivity contribution in [3.8, 4) is 0 Å². The summed E-state index contributed by atoms with van der Waals surface area (Å²) in [6.07, 6.45) is 1.81. The fourth-order valence-electron chi connectivity index (χ4n) is 2.22. The Morgan fingerprint density at radius 1 is 0.895 bits per heavy atom. The molecule has 0 spiro atoms. The van der Waals surface area contributed by atoms with Crippen LogP contribution in [0, 0.1) is 0 Å². The molecule has 0 saturated carbocycles. The van der Waals surface area contributed by atoms with Crippen LogP contribution in [-0.4, -0.2) is 5.78 Å². The number of ketones is 1. The van der Waals surface area contributed by atoms with Crippen molar-refractivity contribution in [1.29, 1.82) is 0 Å². The topological polar surface area (TPSA) is 26.3 Å². The second-order valence-corrected chi connectivity index (χ2v) is 4.56. The van der Waals surface area contributed by atoms with Crippen LogP contribution in [0.2, 0.25) is 0 Å². The third kappa shape index (κ3) is 2.58. The molecule has 94 valence electrons. The van der Waals surface area contributed by atoms with Crippen molar-refractivity contribution in [2.45, 2.75) is 12.5 Å². The molecule has 2 nitrogen and oxygen atoms in total. The first-order valence-corrected chi connectivity index (χ1v) is 6.34. The zero-order valence-corrected chi connectivity index (χ0v) is 10.5. The van der Waals surface area contributed by atoms with Gasteiger partial charge in [0.1, 0.15) is 11.9 Å². The van der Waals surface area contributed by atoms with Crippen LogP contribution in [0.4, 0.5) is 0 Å². The van der Waals surface area contributed by atoms with Crippen LogP contribution in [0.15, 0.2) is 66.7 Å². The fourth-order valence-corrected chi connectivity index (χ4v) is 2.22. The largest absolute Gasteiger partial charge is 0.485 e. The van der Waals surface area contributed by atoms with Crippen LogP contribution in [0.5, 0.6) is 0 Å². The molecule has 1 aliphatic rings. The molecule has 0 saturated heterocycles. The fraction of sp³-hybridized carbons (Fsp3) is 0.118. The maximum absolute atomic E-state index is 11.9. The summed E-state index contributed by atoms with van der Waals surface area (Å²) in [7, 11) is 0. The lowest BCUT2D eigenvalue weighted by molar-refractivity contribution is -0.117. The maximum Gasteiger partial charge on any atom is 0.163 e. The molecule has 0 fully saturated rings. The SMILES string of the molecule is O=C1C=C(c2ccccc2)O[C@@H](c2ccccc2)C1. The minimum Gasteiger partial charge on any atom is -0.485 e. The molecule has 1 aliphatic heterocycles. The Morgan fingerprint density at radius 3 is 2.21 bits per heavy atom. The number of allylic oxidation sites excluding steroid dienone is 1. The smallest absolute Gasteiger partial charge is 0.163 e. The van der Waals surface area contributed by atoms with E-state index in [0.29, 0.717) is 12.2 Å². The molecule has 0 aromatic heterocycles. The van der Waals surface area contributed by atoms with Gasteiger partial charge in [0.25, 0.3) is 0 Å². The van der Waals surface area contributed by atoms with Gasteiger partial charge in [0.2, 0.25) is 0 Å². The number of carbonyl (C=O) groups excluding carboxylic acids is 1. The predicted molar refractivity (Wildman–Crippen MR) is 74.3 cm³/mol. The van der Waals surface area contributed by atoms with Crippen LogP contribution in [-0.2, 0) is 9.53 Å². The number of ether oxygens (including phenoxy) is 1. The summed E-state index contributed by atoms with van der Waals surface area (Å²) >= 11 is 0. The molecule has 0 amide bonds. The van der Waals surface area contributed by atoms with Crippen molar-refractivity contribution in [1.82, 2.24) is 0 Å². The van der Waals surface area contributed by atoms with Crippen molar-refractivity contribution in [2.24, 2.45) is 0 Å². The van der Waals surface area contributed by atoms with E-state index in [1.54, 1.807) is 6.08 Å². The summed E-state index contributed by atoms with van der Waals surface area (Å²) in [6.45, 7) is 0. The average Bonchev–Trinajstić information content (AvgIpc) is 2.48. The van der Waals surface area contributed by atoms with Crippen molar-refractivity contribution >= 4 is 11.5 Å². The Labute approximate surface area is 112 Å². The Hall–Kier alpha value is -2.35. The first-order valence-electron chi connectivity index (χ1n) is 6.34. The van der Waals surface area contributed by atoms with E-state index < -0.39 is 0 Å². The second-order valence-electron chi connectivity index (χ2n) is 4.56. The van der Waals surface area contributed by atoms with Crippen molar-refractivity contribution in [3.63, 3.8) is 0 Å². The highest BCUT2D eigenvalue weighted by atomic mass is 16.5. The van der Waals surface area contributed by atoms with Gasteiger partial charge >= 0.3 is 0 Å². The molecular formula is C17H14O2. The monoisotopic (exact) mass is 250 g/mol. The van der Waals surface area contributed by atoms with Crippen molar-refractivity contribution in [2.75, 3.05) is 0 Å². The summed E-state index contributed by atoms with van der Waals surface area (Å²) in [5.74, 6) is 0.768. The molecule has 1 heterocycles. The number of rotatable bonds is 2. The standard InChI is InChI=1S/C17H14O2/c18-15-11-16(13-7-3-1-4-8-13)19-17(12-15)14-9-5-2-6-10-14/h1-11,17H,12H2/t17-/m1/s1. The molecule has 2 aromatic rings. The molecule has 0 radical (unpaired) electrons. The summed E-state index contributed by atoms with van der Waals surface area (Å²) in [6, 6.07) is 19.6. The second kappa shape index (κ2) is 5.11. The summed E-state index contributed by atoms with van der Waals surface area (Å²) < 4.78 is 5.97. The highest BCUT2D eigenvalue weighted by Crippen LogP contribution is 2.32. The van der Waals surface area contributed by atoms with Gasteiger partial charge in [0.15, 0.2) is 5.78 Å². The van der Waals surface area contributed by atoms with E-state index in [0.717, 1.165) is 11.1 Å². The number of carbonyl (C=O) groups is 1. The van der Waals surface area contributed by atoms with Gasteiger partial charge in [-0.3, -0.25) is 4.79 Å². The van der Waals surface area contributed by atoms with E-state index in [-0.39, 0.29) is 11.9 Å². The Morgan fingerprint density at radius 2 is 1.53 bits per heavy atom. The van der Waals surface area contributed by atoms with Gasteiger partial charge in [-0.05, 0) is 5.56 Å². The molecule has 0 unspecified atom stereocenters. The lowest BCUT2D eigenvalue weighted by Crippen LogP contribution is -2.14. The number of benzene rings is 2. The van der Waals surface area contributed by atoms with Gasteiger partial charge < -0.3 is 4.74 Å². The summed E-state index contributed by atoms with van der Waals surface area (Å²) in [5, 5.41) is 0. The van der Waals surface area contributed by atoms with Gasteiger partial charge in [0.05, 0.1) is 6.42 Å². The summed E-state index contributed by atoms with van der Waals surface area (Å²) in [5.41, 5.74) is 1.98. The highest BCUT2D eigenvalue weighted by Gasteiger charge is 2.23. The zero-order chi connectivity index (χ0) is 13.1. The third-order valence-corrected chi connectivity index (χ3v) is 3.18. The number of hydrogen-bond donors (Lipinski definition) is 0. The van der Waals surface area contributed by atoms with Gasteiger partial charge in [-0.25, -0.2) is 0 Å². The Bertz CT molecular complexity index is 600. The molecule has 0 aliphatic carbocycles. The first kappa shape index (κ1) is 11.7. The van der Waals surface area contributed by atoms with Gasteiger partial charge in [-0.1, -0.05) is 60.7 Å².